The van der Waals surface area contributed by atoms with Crippen LogP contribution in [0.25, 0.3) is 0 Å². The highest BCUT2D eigenvalue weighted by Crippen LogP contribution is 2.26. The van der Waals surface area contributed by atoms with Crippen molar-refractivity contribution in [2.75, 3.05) is 0 Å². The monoisotopic (exact) mass is 251 g/mol. The van der Waals surface area contributed by atoms with Gasteiger partial charge in [-0.15, -0.1) is 0 Å². The maximum Gasteiger partial charge on any atom is 0.0991 e. The largest absolute Gasteiger partial charge is 0.385 e. The number of aliphatic hydroxyl groups is 1. The molecule has 0 heterocycles. The standard InChI is InChI=1S/C17H17NO/c1-13-6-8-14(9-7-13)11-17(2,19)16-5-3-4-15(10-16)12-18/h3-10,19H,11H2,1-2H3. The van der Waals surface area contributed by atoms with Gasteiger partial charge in [0.1, 0.15) is 0 Å². The quantitative estimate of drug-likeness (QED) is 0.909. The van der Waals surface area contributed by atoms with E-state index in [-0.39, 0.29) is 0 Å². The van der Waals surface area contributed by atoms with E-state index < -0.39 is 5.60 Å². The summed E-state index contributed by atoms with van der Waals surface area (Å²) in [5, 5.41) is 19.5. The Balaban J connectivity index is 2.26. The Hall–Kier alpha value is -2.11. The SMILES string of the molecule is Cc1ccc(CC(C)(O)c2cccc(C#N)c2)cc1. The molecule has 2 heteroatoms. The summed E-state index contributed by atoms with van der Waals surface area (Å²) < 4.78 is 0. The molecule has 1 unspecified atom stereocenters. The average molecular weight is 251 g/mol. The summed E-state index contributed by atoms with van der Waals surface area (Å²) in [6.07, 6.45) is 0.530. The van der Waals surface area contributed by atoms with Crippen LogP contribution in [-0.2, 0) is 12.0 Å². The molecule has 0 fully saturated rings. The lowest BCUT2D eigenvalue weighted by atomic mass is 9.88. The van der Waals surface area contributed by atoms with E-state index in [1.54, 1.807) is 25.1 Å². The first-order chi connectivity index (χ1) is 9.01. The highest BCUT2D eigenvalue weighted by Gasteiger charge is 2.23. The molecule has 2 aromatic carbocycles. The minimum absolute atomic E-state index is 0.530. The Labute approximate surface area is 114 Å². The van der Waals surface area contributed by atoms with Crippen molar-refractivity contribution in [3.8, 4) is 6.07 Å². The Morgan fingerprint density at radius 1 is 1.16 bits per heavy atom. The third-order valence-electron chi connectivity index (χ3n) is 3.28. The van der Waals surface area contributed by atoms with Crippen LogP contribution in [-0.4, -0.2) is 5.11 Å². The van der Waals surface area contributed by atoms with Gasteiger partial charge in [0.15, 0.2) is 0 Å². The Bertz CT molecular complexity index is 606. The van der Waals surface area contributed by atoms with Crippen LogP contribution in [0.15, 0.2) is 48.5 Å². The van der Waals surface area contributed by atoms with Crippen molar-refractivity contribution in [3.05, 3.63) is 70.8 Å². The Morgan fingerprint density at radius 2 is 1.84 bits per heavy atom. The van der Waals surface area contributed by atoms with Crippen LogP contribution in [0.2, 0.25) is 0 Å². The zero-order valence-corrected chi connectivity index (χ0v) is 11.2. The van der Waals surface area contributed by atoms with Crippen LogP contribution in [0.5, 0.6) is 0 Å². The molecule has 0 aliphatic rings. The molecule has 2 rings (SSSR count). The highest BCUT2D eigenvalue weighted by atomic mass is 16.3. The molecule has 0 saturated heterocycles. The van der Waals surface area contributed by atoms with Crippen molar-refractivity contribution < 1.29 is 5.11 Å². The molecule has 2 aromatic rings. The van der Waals surface area contributed by atoms with Crippen LogP contribution < -0.4 is 0 Å². The maximum atomic E-state index is 10.6. The fourth-order valence-corrected chi connectivity index (χ4v) is 2.13. The molecule has 0 aromatic heterocycles. The van der Waals surface area contributed by atoms with E-state index in [0.717, 1.165) is 11.1 Å². The van der Waals surface area contributed by atoms with Gasteiger partial charge in [0.25, 0.3) is 0 Å². The molecule has 0 radical (unpaired) electrons. The predicted molar refractivity (Wildman–Crippen MR) is 75.6 cm³/mol. The summed E-state index contributed by atoms with van der Waals surface area (Å²) in [4.78, 5) is 0. The second-order valence-corrected chi connectivity index (χ2v) is 5.13. The first kappa shape index (κ1) is 13.3. The molecule has 0 aliphatic heterocycles. The summed E-state index contributed by atoms with van der Waals surface area (Å²) in [5.74, 6) is 0. The van der Waals surface area contributed by atoms with Crippen molar-refractivity contribution in [2.24, 2.45) is 0 Å². The van der Waals surface area contributed by atoms with E-state index in [0.29, 0.717) is 12.0 Å². The summed E-state index contributed by atoms with van der Waals surface area (Å²) in [6, 6.07) is 17.4. The lowest BCUT2D eigenvalue weighted by molar-refractivity contribution is 0.0576. The predicted octanol–water partition coefficient (Wildman–Crippen LogP) is 3.32. The van der Waals surface area contributed by atoms with Crippen molar-refractivity contribution >= 4 is 0 Å². The molecule has 0 saturated carbocycles. The Morgan fingerprint density at radius 3 is 2.47 bits per heavy atom. The molecular weight excluding hydrogens is 234 g/mol. The molecule has 0 aliphatic carbocycles. The van der Waals surface area contributed by atoms with Gasteiger partial charge >= 0.3 is 0 Å². The van der Waals surface area contributed by atoms with Crippen molar-refractivity contribution in [1.29, 1.82) is 5.26 Å². The summed E-state index contributed by atoms with van der Waals surface area (Å²) in [6.45, 7) is 3.82. The zero-order chi connectivity index (χ0) is 13.9. The third kappa shape index (κ3) is 3.21. The smallest absolute Gasteiger partial charge is 0.0991 e. The molecule has 1 N–H and O–H groups in total. The van der Waals surface area contributed by atoms with Gasteiger partial charge in [-0.25, -0.2) is 0 Å². The number of hydrogen-bond acceptors (Lipinski definition) is 2. The third-order valence-corrected chi connectivity index (χ3v) is 3.28. The topological polar surface area (TPSA) is 44.0 Å². The molecule has 1 atom stereocenters. The van der Waals surface area contributed by atoms with Gasteiger partial charge in [0.05, 0.1) is 17.2 Å². The van der Waals surface area contributed by atoms with E-state index >= 15 is 0 Å². The zero-order valence-electron chi connectivity index (χ0n) is 11.2. The normalized spacial score (nSPS) is 13.6. The summed E-state index contributed by atoms with van der Waals surface area (Å²) >= 11 is 0. The Kier molecular flexibility index (Phi) is 3.69. The number of nitriles is 1. The van der Waals surface area contributed by atoms with Crippen LogP contribution in [0, 0.1) is 18.3 Å². The van der Waals surface area contributed by atoms with E-state index in [1.165, 1.54) is 5.56 Å². The molecule has 2 nitrogen and oxygen atoms in total. The van der Waals surface area contributed by atoms with Crippen molar-refractivity contribution in [2.45, 2.75) is 25.9 Å². The van der Waals surface area contributed by atoms with Crippen molar-refractivity contribution in [1.82, 2.24) is 0 Å². The van der Waals surface area contributed by atoms with Crippen LogP contribution in [0.4, 0.5) is 0 Å². The lowest BCUT2D eigenvalue weighted by Gasteiger charge is -2.24. The van der Waals surface area contributed by atoms with E-state index in [9.17, 15) is 5.11 Å². The second-order valence-electron chi connectivity index (χ2n) is 5.13. The summed E-state index contributed by atoms with van der Waals surface area (Å²) in [7, 11) is 0. The van der Waals surface area contributed by atoms with Crippen LogP contribution in [0.3, 0.4) is 0 Å². The van der Waals surface area contributed by atoms with Gasteiger partial charge in [-0.2, -0.15) is 5.26 Å². The number of rotatable bonds is 3. The molecule has 0 bridgehead atoms. The first-order valence-electron chi connectivity index (χ1n) is 6.30. The van der Waals surface area contributed by atoms with Crippen molar-refractivity contribution in [3.63, 3.8) is 0 Å². The minimum atomic E-state index is -0.970. The maximum absolute atomic E-state index is 10.6. The highest BCUT2D eigenvalue weighted by molar-refractivity contribution is 5.36. The minimum Gasteiger partial charge on any atom is -0.385 e. The fraction of sp³-hybridized carbons (Fsp3) is 0.235. The van der Waals surface area contributed by atoms with Gasteiger partial charge in [0, 0.05) is 6.42 Å². The molecule has 19 heavy (non-hydrogen) atoms. The van der Waals surface area contributed by atoms with Gasteiger partial charge in [-0.1, -0.05) is 42.0 Å². The van der Waals surface area contributed by atoms with E-state index in [1.807, 2.05) is 37.3 Å². The number of hydrogen-bond donors (Lipinski definition) is 1. The second kappa shape index (κ2) is 5.26. The summed E-state index contributed by atoms with van der Waals surface area (Å²) in [5.41, 5.74) is 2.66. The van der Waals surface area contributed by atoms with Gasteiger partial charge < -0.3 is 5.11 Å². The lowest BCUT2D eigenvalue weighted by Crippen LogP contribution is -2.24. The number of aryl methyl sites for hydroxylation is 1. The number of nitrogens with zero attached hydrogens (tertiary/aromatic N) is 1. The molecular formula is C17H17NO. The van der Waals surface area contributed by atoms with E-state index in [4.69, 9.17) is 5.26 Å². The number of benzene rings is 2. The van der Waals surface area contributed by atoms with Gasteiger partial charge in [0.2, 0.25) is 0 Å². The molecule has 96 valence electrons. The molecule has 0 spiro atoms. The molecule has 0 amide bonds. The van der Waals surface area contributed by atoms with Gasteiger partial charge in [-0.05, 0) is 37.1 Å². The van der Waals surface area contributed by atoms with Crippen LogP contribution >= 0.6 is 0 Å². The van der Waals surface area contributed by atoms with E-state index in [2.05, 4.69) is 6.07 Å². The average Bonchev–Trinajstić information content (AvgIpc) is 2.41. The fourth-order valence-electron chi connectivity index (χ4n) is 2.13. The van der Waals surface area contributed by atoms with Gasteiger partial charge in [-0.3, -0.25) is 0 Å². The van der Waals surface area contributed by atoms with Crippen LogP contribution in [0.1, 0.15) is 29.2 Å². The first-order valence-corrected chi connectivity index (χ1v) is 6.30.